The maximum absolute atomic E-state index is 13.0. The van der Waals surface area contributed by atoms with Gasteiger partial charge in [0, 0.05) is 38.9 Å². The first-order chi connectivity index (χ1) is 11.6. The van der Waals surface area contributed by atoms with Crippen LogP contribution < -0.4 is 0 Å². The molecule has 2 heterocycles. The normalized spacial score (nSPS) is 16.0. The van der Waals surface area contributed by atoms with E-state index in [1.54, 1.807) is 18.3 Å². The number of nitrogens with zero attached hydrogens (tertiary/aromatic N) is 2. The van der Waals surface area contributed by atoms with Crippen molar-refractivity contribution in [2.24, 2.45) is 0 Å². The van der Waals surface area contributed by atoms with Crippen molar-refractivity contribution >= 4 is 18.1 Å². The van der Waals surface area contributed by atoms with Crippen LogP contribution in [0.1, 0.15) is 22.3 Å². The van der Waals surface area contributed by atoms with Crippen LogP contribution in [0.2, 0.25) is 0 Å². The molecule has 0 bridgehead atoms. The number of pyridine rings is 1. The number of hydrogen-bond donors (Lipinski definition) is 1. The highest BCUT2D eigenvalue weighted by Crippen LogP contribution is 2.12. The first kappa shape index (κ1) is 16.8. The minimum absolute atomic E-state index is 0.0134. The molecule has 0 spiro atoms. The second kappa shape index (κ2) is 7.68. The number of H-pyrrole nitrogens is 1. The van der Waals surface area contributed by atoms with Gasteiger partial charge in [-0.2, -0.15) is 0 Å². The van der Waals surface area contributed by atoms with Crippen molar-refractivity contribution in [3.63, 3.8) is 0 Å². The fourth-order valence-corrected chi connectivity index (χ4v) is 3.16. The van der Waals surface area contributed by atoms with Gasteiger partial charge in [-0.15, -0.1) is 0 Å². The van der Waals surface area contributed by atoms with Gasteiger partial charge in [0.15, 0.2) is 0 Å². The largest absolute Gasteiger partial charge is 0.352 e. The van der Waals surface area contributed by atoms with Crippen LogP contribution in [-0.4, -0.2) is 46.9 Å². The Labute approximate surface area is 145 Å². The summed E-state index contributed by atoms with van der Waals surface area (Å²) in [4.78, 5) is 19.7. The number of amides is 1. The first-order valence-corrected chi connectivity index (χ1v) is 8.48. The molecule has 1 aromatic heterocycles. The van der Waals surface area contributed by atoms with Crippen LogP contribution in [0.5, 0.6) is 0 Å². The zero-order valence-corrected chi connectivity index (χ0v) is 14.2. The average Bonchev–Trinajstić information content (AvgIpc) is 2.82. The molecule has 126 valence electrons. The Morgan fingerprint density at radius 2 is 1.92 bits per heavy atom. The number of halogens is 1. The predicted octanol–water partition coefficient (Wildman–Crippen LogP) is 3.23. The highest BCUT2D eigenvalue weighted by atomic mass is 32.1. The Hall–Kier alpha value is -2.05. The maximum atomic E-state index is 13.0. The van der Waals surface area contributed by atoms with E-state index in [9.17, 15) is 9.18 Å². The predicted molar refractivity (Wildman–Crippen MR) is 93.8 cm³/mol. The van der Waals surface area contributed by atoms with Crippen molar-refractivity contribution < 1.29 is 9.18 Å². The molecule has 1 aromatic carbocycles. The topological polar surface area (TPSA) is 39.3 Å². The number of aromatic amines is 1. The van der Waals surface area contributed by atoms with E-state index >= 15 is 0 Å². The number of rotatable bonds is 3. The molecule has 1 aliphatic rings. The van der Waals surface area contributed by atoms with E-state index in [2.05, 4.69) is 9.88 Å². The molecule has 2 aromatic rings. The lowest BCUT2D eigenvalue weighted by Gasteiger charge is -2.22. The molecule has 1 fully saturated rings. The molecule has 0 unspecified atom stereocenters. The van der Waals surface area contributed by atoms with Gasteiger partial charge in [0.25, 0.3) is 5.91 Å². The van der Waals surface area contributed by atoms with E-state index in [4.69, 9.17) is 12.2 Å². The van der Waals surface area contributed by atoms with Crippen LogP contribution in [0, 0.1) is 10.5 Å². The molecular formula is C18H20FN3OS. The van der Waals surface area contributed by atoms with Gasteiger partial charge < -0.3 is 9.88 Å². The fraction of sp³-hybridized carbons (Fsp3) is 0.333. The maximum Gasteiger partial charge on any atom is 0.256 e. The molecule has 1 N–H and O–H groups in total. The monoisotopic (exact) mass is 345 g/mol. The summed E-state index contributed by atoms with van der Waals surface area (Å²) in [6.45, 7) is 3.88. The Balaban J connectivity index is 1.62. The number of nitrogens with one attached hydrogen (secondary N) is 1. The molecule has 0 aliphatic carbocycles. The van der Waals surface area contributed by atoms with E-state index in [-0.39, 0.29) is 11.7 Å². The van der Waals surface area contributed by atoms with Crippen molar-refractivity contribution in [3.05, 3.63) is 64.2 Å². The summed E-state index contributed by atoms with van der Waals surface area (Å²) in [6.07, 6.45) is 2.64. The zero-order valence-electron chi connectivity index (χ0n) is 13.4. The Morgan fingerprint density at radius 3 is 2.67 bits per heavy atom. The molecule has 0 saturated carbocycles. The van der Waals surface area contributed by atoms with E-state index in [1.165, 1.54) is 12.1 Å². The molecule has 0 atom stereocenters. The van der Waals surface area contributed by atoms with Crippen molar-refractivity contribution in [2.75, 3.05) is 26.2 Å². The van der Waals surface area contributed by atoms with Gasteiger partial charge in [0.2, 0.25) is 0 Å². The summed E-state index contributed by atoms with van der Waals surface area (Å²) in [6, 6.07) is 10.2. The van der Waals surface area contributed by atoms with E-state index in [1.807, 2.05) is 17.0 Å². The molecule has 24 heavy (non-hydrogen) atoms. The van der Waals surface area contributed by atoms with Crippen LogP contribution in [0.4, 0.5) is 4.39 Å². The Morgan fingerprint density at radius 1 is 1.12 bits per heavy atom. The zero-order chi connectivity index (χ0) is 16.9. The first-order valence-electron chi connectivity index (χ1n) is 8.07. The van der Waals surface area contributed by atoms with Crippen molar-refractivity contribution in [1.29, 1.82) is 0 Å². The average molecular weight is 345 g/mol. The van der Waals surface area contributed by atoms with Gasteiger partial charge in [-0.1, -0.05) is 24.4 Å². The number of aromatic nitrogens is 1. The molecule has 3 rings (SSSR count). The highest BCUT2D eigenvalue weighted by molar-refractivity contribution is 7.71. The van der Waals surface area contributed by atoms with Crippen LogP contribution in [0.15, 0.2) is 42.6 Å². The quantitative estimate of drug-likeness (QED) is 0.868. The van der Waals surface area contributed by atoms with Gasteiger partial charge in [-0.25, -0.2) is 4.39 Å². The summed E-state index contributed by atoms with van der Waals surface area (Å²) in [7, 11) is 0. The lowest BCUT2D eigenvalue weighted by Crippen LogP contribution is -2.35. The number of hydrogen-bond acceptors (Lipinski definition) is 3. The second-order valence-electron chi connectivity index (χ2n) is 5.96. The number of carbonyl (C=O) groups excluding carboxylic acids is 1. The molecule has 1 aliphatic heterocycles. The molecule has 4 nitrogen and oxygen atoms in total. The van der Waals surface area contributed by atoms with Crippen molar-refractivity contribution in [2.45, 2.75) is 13.0 Å². The third-order valence-electron chi connectivity index (χ3n) is 4.24. The smallest absolute Gasteiger partial charge is 0.256 e. The van der Waals surface area contributed by atoms with Crippen LogP contribution in [0.3, 0.4) is 0 Å². The molecule has 1 saturated heterocycles. The van der Waals surface area contributed by atoms with Gasteiger partial charge in [-0.3, -0.25) is 9.69 Å². The van der Waals surface area contributed by atoms with Gasteiger partial charge in [0.1, 0.15) is 10.5 Å². The molecular weight excluding hydrogens is 325 g/mol. The Bertz CT molecular complexity index is 759. The lowest BCUT2D eigenvalue weighted by atomic mass is 10.2. The van der Waals surface area contributed by atoms with Crippen LogP contribution >= 0.6 is 12.2 Å². The minimum Gasteiger partial charge on any atom is -0.352 e. The standard InChI is InChI=1S/C18H20FN3OS/c19-15-6-4-14(5-7-15)13-21-9-2-10-22(12-11-21)18(23)16-3-1-8-20-17(16)24/h1,3-8H,2,9-13H2,(H,20,24). The number of benzene rings is 1. The van der Waals surface area contributed by atoms with E-state index in [0.29, 0.717) is 16.7 Å². The fourth-order valence-electron chi connectivity index (χ4n) is 2.94. The van der Waals surface area contributed by atoms with Crippen LogP contribution in [0.25, 0.3) is 0 Å². The molecule has 6 heteroatoms. The summed E-state index contributed by atoms with van der Waals surface area (Å²) < 4.78 is 13.5. The molecule has 0 radical (unpaired) electrons. The van der Waals surface area contributed by atoms with E-state index < -0.39 is 0 Å². The van der Waals surface area contributed by atoms with Crippen molar-refractivity contribution in [1.82, 2.24) is 14.8 Å². The van der Waals surface area contributed by atoms with Gasteiger partial charge in [-0.05, 0) is 36.2 Å². The minimum atomic E-state index is -0.217. The second-order valence-corrected chi connectivity index (χ2v) is 6.37. The number of carbonyl (C=O) groups is 1. The van der Waals surface area contributed by atoms with Gasteiger partial charge in [0.05, 0.1) is 5.56 Å². The lowest BCUT2D eigenvalue weighted by molar-refractivity contribution is 0.0760. The summed E-state index contributed by atoms with van der Waals surface area (Å²) in [5.74, 6) is -0.230. The summed E-state index contributed by atoms with van der Waals surface area (Å²) in [5.41, 5.74) is 1.64. The van der Waals surface area contributed by atoms with E-state index in [0.717, 1.165) is 38.2 Å². The molecule has 1 amide bonds. The third kappa shape index (κ3) is 4.07. The summed E-state index contributed by atoms with van der Waals surface area (Å²) >= 11 is 5.21. The van der Waals surface area contributed by atoms with Crippen LogP contribution in [-0.2, 0) is 6.54 Å². The highest BCUT2D eigenvalue weighted by Gasteiger charge is 2.21. The van der Waals surface area contributed by atoms with Gasteiger partial charge >= 0.3 is 0 Å². The summed E-state index contributed by atoms with van der Waals surface area (Å²) in [5, 5.41) is 0. The third-order valence-corrected chi connectivity index (χ3v) is 4.58. The van der Waals surface area contributed by atoms with Crippen molar-refractivity contribution in [3.8, 4) is 0 Å². The SMILES string of the molecule is O=C(c1ccc[nH]c1=S)N1CCCN(Cc2ccc(F)cc2)CC1. The Kier molecular flexibility index (Phi) is 5.37.